The second-order valence-electron chi connectivity index (χ2n) is 1.57. The van der Waals surface area contributed by atoms with Crippen LogP contribution in [0.25, 0.3) is 0 Å². The fourth-order valence-corrected chi connectivity index (χ4v) is 0. The van der Waals surface area contributed by atoms with Crippen LogP contribution in [0.3, 0.4) is 0 Å². The van der Waals surface area contributed by atoms with Crippen LogP contribution in [0.4, 0.5) is 0 Å². The second kappa shape index (κ2) is 10.6. The summed E-state index contributed by atoms with van der Waals surface area (Å²) in [4.78, 5) is 18.6. The summed E-state index contributed by atoms with van der Waals surface area (Å²) < 4.78 is 0. The zero-order valence-corrected chi connectivity index (χ0v) is 10.4. The monoisotopic (exact) mass is 242 g/mol. The molecule has 0 aromatic heterocycles. The van der Waals surface area contributed by atoms with Crippen molar-refractivity contribution in [3.63, 3.8) is 0 Å². The summed E-state index contributed by atoms with van der Waals surface area (Å²) in [5.74, 6) is -2.83. The van der Waals surface area contributed by atoms with Crippen LogP contribution < -0.4 is 10.2 Å². The van der Waals surface area contributed by atoms with Crippen molar-refractivity contribution in [3.8, 4) is 0 Å². The van der Waals surface area contributed by atoms with Gasteiger partial charge in [0.05, 0.1) is 17.8 Å². The van der Waals surface area contributed by atoms with Crippen molar-refractivity contribution in [2.24, 2.45) is 0 Å². The van der Waals surface area contributed by atoms with Gasteiger partial charge in [0.2, 0.25) is 0 Å². The number of carbonyl (C=O) groups excluding carboxylic acids is 2. The molecule has 0 N–H and O–H groups in total. The number of alkyl halides is 1. The number of carbonyl (C=O) groups is 2. The van der Waals surface area contributed by atoms with Crippen molar-refractivity contribution in [1.82, 2.24) is 0 Å². The van der Waals surface area contributed by atoms with Crippen LogP contribution in [0.2, 0.25) is 0 Å². The Morgan fingerprint density at radius 3 is 1.58 bits per heavy atom. The normalized spacial score (nSPS) is 6.83. The van der Waals surface area contributed by atoms with Gasteiger partial charge in [-0.1, -0.05) is 6.58 Å². The molecule has 0 aromatic rings. The van der Waals surface area contributed by atoms with E-state index in [2.05, 4.69) is 18.2 Å². The molecule has 0 amide bonds. The minimum Gasteiger partial charge on any atom is -0.549 e. The van der Waals surface area contributed by atoms with Crippen LogP contribution in [0.5, 0.6) is 0 Å². The number of halogens is 1. The van der Waals surface area contributed by atoms with Gasteiger partial charge in [0.25, 0.3) is 0 Å². The molecule has 0 heterocycles. The van der Waals surface area contributed by atoms with E-state index in [1.54, 1.807) is 0 Å². The predicted octanol–water partition coefficient (Wildman–Crippen LogP) is -1.71. The summed E-state index contributed by atoms with van der Waals surface area (Å²) in [5.41, 5.74) is 0.0648. The molecule has 0 radical (unpaired) electrons. The molecule has 0 bridgehead atoms. The first kappa shape index (κ1) is 17.6. The van der Waals surface area contributed by atoms with Gasteiger partial charge in [-0.3, -0.25) is 0 Å². The molecule has 0 unspecified atom stereocenters. The second-order valence-corrected chi connectivity index (χ2v) is 1.84. The smallest absolute Gasteiger partial charge is 0.549 e. The van der Waals surface area contributed by atoms with Crippen LogP contribution >= 0.6 is 11.6 Å². The molecular weight excluding hydrogens is 237 g/mol. The Bertz CT molecular complexity index is 157. The van der Waals surface area contributed by atoms with E-state index in [-0.39, 0.29) is 25.1 Å². The van der Waals surface area contributed by atoms with Gasteiger partial charge in [-0.05, 0) is 12.5 Å². The molecule has 0 rings (SSSR count). The SMILES string of the molecule is C=C(C)C(=O)[O-].O=C([O-])CCl.[Zn+2]. The van der Waals surface area contributed by atoms with Gasteiger partial charge in [0, 0.05) is 0 Å². The van der Waals surface area contributed by atoms with Crippen LogP contribution in [0.1, 0.15) is 6.92 Å². The maximum Gasteiger partial charge on any atom is 2.00 e. The van der Waals surface area contributed by atoms with E-state index in [9.17, 15) is 9.90 Å². The topological polar surface area (TPSA) is 80.3 Å². The summed E-state index contributed by atoms with van der Waals surface area (Å²) >= 11 is 4.67. The van der Waals surface area contributed by atoms with E-state index in [1.807, 2.05) is 0 Å². The van der Waals surface area contributed by atoms with E-state index in [1.165, 1.54) is 6.92 Å². The minimum atomic E-state index is -1.23. The molecule has 64 valence electrons. The van der Waals surface area contributed by atoms with Crippen molar-refractivity contribution in [3.05, 3.63) is 12.2 Å². The predicted molar refractivity (Wildman–Crippen MR) is 35.5 cm³/mol. The third kappa shape index (κ3) is 22.6. The van der Waals surface area contributed by atoms with Gasteiger partial charge in [0.15, 0.2) is 0 Å². The number of rotatable bonds is 2. The Hall–Kier alpha value is -0.407. The van der Waals surface area contributed by atoms with Crippen molar-refractivity contribution >= 4 is 23.5 Å². The molecule has 12 heavy (non-hydrogen) atoms. The summed E-state index contributed by atoms with van der Waals surface area (Å²) in [5, 5.41) is 18.6. The molecular formula is C6H7ClO4Zn. The summed E-state index contributed by atoms with van der Waals surface area (Å²) in [6.07, 6.45) is 0. The number of aliphatic carboxylic acids is 2. The number of carboxylic acids is 2. The van der Waals surface area contributed by atoms with Crippen molar-refractivity contribution in [2.75, 3.05) is 5.88 Å². The fourth-order valence-electron chi connectivity index (χ4n) is 0. The zero-order chi connectivity index (χ0) is 9.44. The number of carboxylic acid groups (broad SMARTS) is 2. The summed E-state index contributed by atoms with van der Waals surface area (Å²) in [6, 6.07) is 0. The van der Waals surface area contributed by atoms with Gasteiger partial charge in [0.1, 0.15) is 0 Å². The van der Waals surface area contributed by atoms with E-state index < -0.39 is 17.8 Å². The molecule has 0 atom stereocenters. The largest absolute Gasteiger partial charge is 2.00 e. The third-order valence-electron chi connectivity index (χ3n) is 0.458. The van der Waals surface area contributed by atoms with Gasteiger partial charge >= 0.3 is 19.5 Å². The average Bonchev–Trinajstić information content (AvgIpc) is 1.89. The quantitative estimate of drug-likeness (QED) is 0.329. The standard InChI is InChI=1S/C4H6O2.C2H3ClO2.Zn/c1-3(2)4(5)6;3-1-2(4)5;/h1H2,2H3,(H,5,6);1H2,(H,4,5);/q;;+2/p-2. The Labute approximate surface area is 88.0 Å². The zero-order valence-electron chi connectivity index (χ0n) is 6.63. The van der Waals surface area contributed by atoms with Gasteiger partial charge in [-0.15, -0.1) is 11.6 Å². The van der Waals surface area contributed by atoms with Crippen LogP contribution in [-0.4, -0.2) is 17.8 Å². The van der Waals surface area contributed by atoms with Gasteiger partial charge < -0.3 is 19.8 Å². The third-order valence-corrected chi connectivity index (χ3v) is 0.676. The van der Waals surface area contributed by atoms with Gasteiger partial charge in [-0.25, -0.2) is 0 Å². The van der Waals surface area contributed by atoms with Crippen LogP contribution in [-0.2, 0) is 29.1 Å². The molecule has 0 aliphatic heterocycles. The Morgan fingerprint density at radius 2 is 1.58 bits per heavy atom. The first-order chi connectivity index (χ1) is 4.91. The number of hydrogen-bond donors (Lipinski definition) is 0. The molecule has 0 aliphatic rings. The maximum atomic E-state index is 9.49. The Morgan fingerprint density at radius 1 is 1.42 bits per heavy atom. The first-order valence-electron chi connectivity index (χ1n) is 2.54. The summed E-state index contributed by atoms with van der Waals surface area (Å²) in [6.45, 7) is 4.48. The van der Waals surface area contributed by atoms with Crippen molar-refractivity contribution in [1.29, 1.82) is 0 Å². The fraction of sp³-hybridized carbons (Fsp3) is 0.333. The van der Waals surface area contributed by atoms with E-state index >= 15 is 0 Å². The molecule has 4 nitrogen and oxygen atoms in total. The van der Waals surface area contributed by atoms with Crippen LogP contribution in [0, 0.1) is 0 Å². The van der Waals surface area contributed by atoms with E-state index in [0.29, 0.717) is 0 Å². The number of hydrogen-bond acceptors (Lipinski definition) is 4. The van der Waals surface area contributed by atoms with Crippen molar-refractivity contribution < 1.29 is 39.3 Å². The van der Waals surface area contributed by atoms with Crippen molar-refractivity contribution in [2.45, 2.75) is 6.92 Å². The average molecular weight is 244 g/mol. The van der Waals surface area contributed by atoms with E-state index in [4.69, 9.17) is 9.90 Å². The Kier molecular flexibility index (Phi) is 15.6. The molecule has 0 aliphatic carbocycles. The summed E-state index contributed by atoms with van der Waals surface area (Å²) in [7, 11) is 0. The first-order valence-corrected chi connectivity index (χ1v) is 3.08. The molecule has 0 saturated heterocycles. The van der Waals surface area contributed by atoms with E-state index in [0.717, 1.165) is 0 Å². The van der Waals surface area contributed by atoms with Crippen LogP contribution in [0.15, 0.2) is 12.2 Å². The molecule has 6 heteroatoms. The van der Waals surface area contributed by atoms with Gasteiger partial charge in [-0.2, -0.15) is 0 Å². The molecule has 0 fully saturated rings. The molecule has 0 spiro atoms. The molecule has 0 saturated carbocycles. The minimum absolute atomic E-state index is 0. The molecule has 0 aromatic carbocycles. The Balaban J connectivity index is -0.000000126. The maximum absolute atomic E-state index is 9.49.